The van der Waals surface area contributed by atoms with E-state index in [-0.39, 0.29) is 11.8 Å². The monoisotopic (exact) mass is 299 g/mol. The SMILES string of the molecule is Cc1cc(NC(=O)C(C)c2ccc(CC(C)C)cc2)n(C)n1. The van der Waals surface area contributed by atoms with Crippen LogP contribution in [0.5, 0.6) is 0 Å². The van der Waals surface area contributed by atoms with Crippen LogP contribution in [0.1, 0.15) is 43.5 Å². The quantitative estimate of drug-likeness (QED) is 0.915. The van der Waals surface area contributed by atoms with Gasteiger partial charge >= 0.3 is 0 Å². The van der Waals surface area contributed by atoms with Gasteiger partial charge in [0.1, 0.15) is 5.82 Å². The van der Waals surface area contributed by atoms with Gasteiger partial charge in [-0.3, -0.25) is 9.48 Å². The standard InChI is InChI=1S/C18H25N3O/c1-12(2)10-15-6-8-16(9-7-15)14(4)18(22)19-17-11-13(3)20-21(17)5/h6-9,11-12,14H,10H2,1-5H3,(H,19,22). The largest absolute Gasteiger partial charge is 0.310 e. The van der Waals surface area contributed by atoms with Gasteiger partial charge in [0.15, 0.2) is 0 Å². The number of aromatic nitrogens is 2. The number of nitrogens with zero attached hydrogens (tertiary/aromatic N) is 2. The molecule has 1 atom stereocenters. The van der Waals surface area contributed by atoms with Crippen LogP contribution in [-0.2, 0) is 18.3 Å². The molecule has 0 radical (unpaired) electrons. The summed E-state index contributed by atoms with van der Waals surface area (Å²) in [4.78, 5) is 12.4. The van der Waals surface area contributed by atoms with Crippen LogP contribution in [0.25, 0.3) is 0 Å². The van der Waals surface area contributed by atoms with Gasteiger partial charge in [-0.1, -0.05) is 38.1 Å². The first-order chi connectivity index (χ1) is 10.4. The number of benzene rings is 1. The molecule has 0 aliphatic rings. The molecule has 2 rings (SSSR count). The Morgan fingerprint density at radius 3 is 2.36 bits per heavy atom. The van der Waals surface area contributed by atoms with Crippen molar-refractivity contribution in [3.05, 3.63) is 47.2 Å². The Bertz CT molecular complexity index is 641. The molecule has 0 spiro atoms. The Kier molecular flexibility index (Phi) is 5.01. The van der Waals surface area contributed by atoms with Crippen molar-refractivity contribution in [3.63, 3.8) is 0 Å². The maximum atomic E-state index is 12.4. The van der Waals surface area contributed by atoms with E-state index in [1.807, 2.05) is 27.0 Å². The first kappa shape index (κ1) is 16.3. The predicted octanol–water partition coefficient (Wildman–Crippen LogP) is 3.67. The highest BCUT2D eigenvalue weighted by Crippen LogP contribution is 2.20. The van der Waals surface area contributed by atoms with E-state index in [4.69, 9.17) is 0 Å². The smallest absolute Gasteiger partial charge is 0.232 e. The van der Waals surface area contributed by atoms with Crippen LogP contribution < -0.4 is 5.32 Å². The van der Waals surface area contributed by atoms with Gasteiger partial charge < -0.3 is 5.32 Å². The van der Waals surface area contributed by atoms with E-state index in [1.54, 1.807) is 4.68 Å². The Hall–Kier alpha value is -2.10. The Labute approximate surface area is 132 Å². The summed E-state index contributed by atoms with van der Waals surface area (Å²) < 4.78 is 1.69. The van der Waals surface area contributed by atoms with Crippen LogP contribution >= 0.6 is 0 Å². The summed E-state index contributed by atoms with van der Waals surface area (Å²) in [5, 5.41) is 7.17. The summed E-state index contributed by atoms with van der Waals surface area (Å²) in [5.41, 5.74) is 3.24. The summed E-state index contributed by atoms with van der Waals surface area (Å²) in [6.07, 6.45) is 1.06. The average Bonchev–Trinajstić information content (AvgIpc) is 2.76. The molecule has 1 N–H and O–H groups in total. The normalized spacial score (nSPS) is 12.5. The van der Waals surface area contributed by atoms with E-state index in [0.717, 1.165) is 23.5 Å². The zero-order valence-electron chi connectivity index (χ0n) is 14.1. The minimum atomic E-state index is -0.191. The predicted molar refractivity (Wildman–Crippen MR) is 90.0 cm³/mol. The highest BCUT2D eigenvalue weighted by molar-refractivity contribution is 5.94. The van der Waals surface area contributed by atoms with Crippen LogP contribution in [0.4, 0.5) is 5.82 Å². The van der Waals surface area contributed by atoms with Gasteiger partial charge in [-0.2, -0.15) is 5.10 Å². The van der Waals surface area contributed by atoms with Crippen molar-refractivity contribution in [2.75, 3.05) is 5.32 Å². The minimum Gasteiger partial charge on any atom is -0.310 e. The number of carbonyl (C=O) groups excluding carboxylic acids is 1. The lowest BCUT2D eigenvalue weighted by molar-refractivity contribution is -0.117. The average molecular weight is 299 g/mol. The number of nitrogens with one attached hydrogen (secondary N) is 1. The Morgan fingerprint density at radius 1 is 1.23 bits per heavy atom. The molecule has 0 saturated heterocycles. The Balaban J connectivity index is 2.05. The van der Waals surface area contributed by atoms with E-state index in [0.29, 0.717) is 5.92 Å². The molecule has 0 fully saturated rings. The van der Waals surface area contributed by atoms with Crippen LogP contribution in [-0.4, -0.2) is 15.7 Å². The van der Waals surface area contributed by atoms with Crippen LogP contribution in [0.15, 0.2) is 30.3 Å². The van der Waals surface area contributed by atoms with E-state index in [2.05, 4.69) is 48.5 Å². The number of anilines is 1. The second-order valence-corrected chi connectivity index (χ2v) is 6.35. The third-order valence-electron chi connectivity index (χ3n) is 3.77. The van der Waals surface area contributed by atoms with Crippen molar-refractivity contribution in [1.29, 1.82) is 0 Å². The number of hydrogen-bond donors (Lipinski definition) is 1. The first-order valence-corrected chi connectivity index (χ1v) is 7.77. The van der Waals surface area contributed by atoms with Crippen LogP contribution in [0.3, 0.4) is 0 Å². The van der Waals surface area contributed by atoms with Gasteiger partial charge in [0, 0.05) is 13.1 Å². The summed E-state index contributed by atoms with van der Waals surface area (Å²) in [6, 6.07) is 10.2. The first-order valence-electron chi connectivity index (χ1n) is 7.77. The van der Waals surface area contributed by atoms with Gasteiger partial charge in [-0.15, -0.1) is 0 Å². The zero-order valence-corrected chi connectivity index (χ0v) is 14.1. The van der Waals surface area contributed by atoms with Gasteiger partial charge in [-0.05, 0) is 37.3 Å². The van der Waals surface area contributed by atoms with E-state index in [1.165, 1.54) is 5.56 Å². The lowest BCUT2D eigenvalue weighted by Gasteiger charge is -2.13. The third-order valence-corrected chi connectivity index (χ3v) is 3.77. The van der Waals surface area contributed by atoms with Crippen molar-refractivity contribution < 1.29 is 4.79 Å². The molecule has 4 heteroatoms. The lowest BCUT2D eigenvalue weighted by Crippen LogP contribution is -2.20. The fraction of sp³-hybridized carbons (Fsp3) is 0.444. The van der Waals surface area contributed by atoms with Crippen LogP contribution in [0.2, 0.25) is 0 Å². The molecule has 0 bridgehead atoms. The molecule has 0 aliphatic carbocycles. The second-order valence-electron chi connectivity index (χ2n) is 6.35. The van der Waals surface area contributed by atoms with Crippen molar-refractivity contribution in [3.8, 4) is 0 Å². The summed E-state index contributed by atoms with van der Waals surface area (Å²) in [5.74, 6) is 1.16. The van der Waals surface area contributed by atoms with Crippen molar-refractivity contribution in [2.24, 2.45) is 13.0 Å². The maximum absolute atomic E-state index is 12.4. The number of hydrogen-bond acceptors (Lipinski definition) is 2. The number of rotatable bonds is 5. The molecular formula is C18H25N3O. The lowest BCUT2D eigenvalue weighted by atomic mass is 9.96. The molecule has 1 aromatic heterocycles. The topological polar surface area (TPSA) is 46.9 Å². The number of carbonyl (C=O) groups is 1. The fourth-order valence-corrected chi connectivity index (χ4v) is 2.53. The molecule has 118 valence electrons. The van der Waals surface area contributed by atoms with Gasteiger partial charge in [0.25, 0.3) is 0 Å². The van der Waals surface area contributed by atoms with Crippen molar-refractivity contribution in [1.82, 2.24) is 9.78 Å². The minimum absolute atomic E-state index is 0.0143. The molecule has 1 amide bonds. The number of aryl methyl sites for hydroxylation is 2. The van der Waals surface area contributed by atoms with Crippen LogP contribution in [0, 0.1) is 12.8 Å². The molecule has 1 heterocycles. The van der Waals surface area contributed by atoms with Gasteiger partial charge in [0.05, 0.1) is 11.6 Å². The second kappa shape index (κ2) is 6.77. The zero-order chi connectivity index (χ0) is 16.3. The summed E-state index contributed by atoms with van der Waals surface area (Å²) in [7, 11) is 1.83. The third kappa shape index (κ3) is 3.97. The van der Waals surface area contributed by atoms with E-state index >= 15 is 0 Å². The van der Waals surface area contributed by atoms with Gasteiger partial charge in [0.2, 0.25) is 5.91 Å². The highest BCUT2D eigenvalue weighted by atomic mass is 16.2. The highest BCUT2D eigenvalue weighted by Gasteiger charge is 2.17. The van der Waals surface area contributed by atoms with Crippen molar-refractivity contribution >= 4 is 11.7 Å². The molecule has 22 heavy (non-hydrogen) atoms. The Morgan fingerprint density at radius 2 is 1.86 bits per heavy atom. The molecular weight excluding hydrogens is 274 g/mol. The summed E-state index contributed by atoms with van der Waals surface area (Å²) >= 11 is 0. The fourth-order valence-electron chi connectivity index (χ4n) is 2.53. The molecule has 4 nitrogen and oxygen atoms in total. The molecule has 1 unspecified atom stereocenters. The number of amides is 1. The molecule has 1 aromatic carbocycles. The van der Waals surface area contributed by atoms with Crippen molar-refractivity contribution in [2.45, 2.75) is 40.0 Å². The van der Waals surface area contributed by atoms with Gasteiger partial charge in [-0.25, -0.2) is 0 Å². The van der Waals surface area contributed by atoms with E-state index in [9.17, 15) is 4.79 Å². The van der Waals surface area contributed by atoms with E-state index < -0.39 is 0 Å². The summed E-state index contributed by atoms with van der Waals surface area (Å²) in [6.45, 7) is 8.25. The molecule has 0 aliphatic heterocycles. The molecule has 2 aromatic rings. The maximum Gasteiger partial charge on any atom is 0.232 e. The molecule has 0 saturated carbocycles.